The summed E-state index contributed by atoms with van der Waals surface area (Å²) in [6.45, 7) is 5.18. The van der Waals surface area contributed by atoms with Crippen LogP contribution in [0.25, 0.3) is 0 Å². The third-order valence-corrected chi connectivity index (χ3v) is 3.95. The number of carbonyl (C=O) groups is 1. The first-order valence-electron chi connectivity index (χ1n) is 6.86. The molecule has 1 atom stereocenters. The predicted molar refractivity (Wildman–Crippen MR) is 75.3 cm³/mol. The zero-order valence-corrected chi connectivity index (χ0v) is 11.6. The number of benzene rings is 1. The highest BCUT2D eigenvalue weighted by Gasteiger charge is 2.25. The van der Waals surface area contributed by atoms with E-state index >= 15 is 0 Å². The van der Waals surface area contributed by atoms with Gasteiger partial charge in [-0.15, -0.1) is 0 Å². The van der Waals surface area contributed by atoms with Crippen molar-refractivity contribution < 1.29 is 9.18 Å². The van der Waals surface area contributed by atoms with Crippen LogP contribution in [0.4, 0.5) is 10.1 Å². The van der Waals surface area contributed by atoms with E-state index in [1.165, 1.54) is 18.9 Å². The van der Waals surface area contributed by atoms with Gasteiger partial charge in [-0.1, -0.05) is 13.0 Å². The highest BCUT2D eigenvalue weighted by molar-refractivity contribution is 5.84. The Labute approximate surface area is 114 Å². The molecule has 1 aliphatic heterocycles. The molecular weight excluding hydrogens is 243 g/mol. The van der Waals surface area contributed by atoms with E-state index in [1.807, 2.05) is 11.9 Å². The topological polar surface area (TPSA) is 23.6 Å². The van der Waals surface area contributed by atoms with Crippen LogP contribution in [0.1, 0.15) is 30.1 Å². The molecule has 4 heteroatoms. The van der Waals surface area contributed by atoms with Gasteiger partial charge in [-0.3, -0.25) is 9.69 Å². The summed E-state index contributed by atoms with van der Waals surface area (Å²) < 4.78 is 13.6. The first-order chi connectivity index (χ1) is 9.17. The lowest BCUT2D eigenvalue weighted by Crippen LogP contribution is -2.39. The minimum Gasteiger partial charge on any atom is -0.372 e. The Morgan fingerprint density at radius 2 is 2.32 bits per heavy atom. The zero-order chi connectivity index (χ0) is 13.8. The summed E-state index contributed by atoms with van der Waals surface area (Å²) in [5.74, 6) is -0.446. The Balaban J connectivity index is 2.13. The summed E-state index contributed by atoms with van der Waals surface area (Å²) in [7, 11) is 1.92. The van der Waals surface area contributed by atoms with Gasteiger partial charge in [0.05, 0.1) is 11.3 Å². The van der Waals surface area contributed by atoms with Crippen LogP contribution >= 0.6 is 0 Å². The van der Waals surface area contributed by atoms with Crippen molar-refractivity contribution in [3.63, 3.8) is 0 Å². The number of nitrogens with zero attached hydrogens (tertiary/aromatic N) is 2. The summed E-state index contributed by atoms with van der Waals surface area (Å²) >= 11 is 0. The van der Waals surface area contributed by atoms with Crippen molar-refractivity contribution in [2.45, 2.75) is 25.8 Å². The standard InChI is InChI=1S/C15H21FN2O/c1-3-18-9-5-6-12(18)10-17(2)15-8-4-7-14(16)13(15)11-19/h4,7-8,11-12H,3,5-6,9-10H2,1-2H3. The van der Waals surface area contributed by atoms with E-state index < -0.39 is 5.82 Å². The van der Waals surface area contributed by atoms with Crippen molar-refractivity contribution in [1.82, 2.24) is 4.90 Å². The fraction of sp³-hybridized carbons (Fsp3) is 0.533. The number of carbonyl (C=O) groups excluding carboxylic acids is 1. The Bertz CT molecular complexity index is 450. The molecule has 0 saturated carbocycles. The molecule has 0 amide bonds. The minimum atomic E-state index is -0.446. The molecule has 19 heavy (non-hydrogen) atoms. The zero-order valence-electron chi connectivity index (χ0n) is 11.6. The number of hydrogen-bond acceptors (Lipinski definition) is 3. The third-order valence-electron chi connectivity index (χ3n) is 3.95. The summed E-state index contributed by atoms with van der Waals surface area (Å²) in [4.78, 5) is 15.5. The third kappa shape index (κ3) is 2.95. The highest BCUT2D eigenvalue weighted by atomic mass is 19.1. The molecule has 1 aliphatic rings. The molecule has 0 aliphatic carbocycles. The molecule has 2 rings (SSSR count). The maximum atomic E-state index is 13.6. The molecule has 0 radical (unpaired) electrons. The molecule has 0 N–H and O–H groups in total. The number of halogens is 1. The number of anilines is 1. The van der Waals surface area contributed by atoms with E-state index in [1.54, 1.807) is 12.1 Å². The molecular formula is C15H21FN2O. The Morgan fingerprint density at radius 1 is 1.53 bits per heavy atom. The van der Waals surface area contributed by atoms with Crippen LogP contribution in [-0.4, -0.2) is 43.9 Å². The van der Waals surface area contributed by atoms with Crippen LogP contribution in [0.5, 0.6) is 0 Å². The molecule has 104 valence electrons. The number of likely N-dealkylation sites (N-methyl/N-ethyl adjacent to an activating group) is 2. The van der Waals surface area contributed by atoms with Crippen molar-refractivity contribution in [3.05, 3.63) is 29.6 Å². The smallest absolute Gasteiger partial charge is 0.155 e. The summed E-state index contributed by atoms with van der Waals surface area (Å²) in [5.41, 5.74) is 0.837. The summed E-state index contributed by atoms with van der Waals surface area (Å²) in [6.07, 6.45) is 2.99. The van der Waals surface area contributed by atoms with Gasteiger partial charge in [0.1, 0.15) is 5.82 Å². The fourth-order valence-corrected chi connectivity index (χ4v) is 2.91. The van der Waals surface area contributed by atoms with Gasteiger partial charge >= 0.3 is 0 Å². The Hall–Kier alpha value is -1.42. The molecule has 3 nitrogen and oxygen atoms in total. The molecule has 1 fully saturated rings. The first-order valence-corrected chi connectivity index (χ1v) is 6.86. The van der Waals surface area contributed by atoms with Crippen molar-refractivity contribution in [2.75, 3.05) is 31.6 Å². The number of hydrogen-bond donors (Lipinski definition) is 0. The molecule has 0 bridgehead atoms. The summed E-state index contributed by atoms with van der Waals surface area (Å²) in [5, 5.41) is 0. The Kier molecular flexibility index (Phi) is 4.53. The maximum absolute atomic E-state index is 13.6. The molecule has 1 aromatic carbocycles. The van der Waals surface area contributed by atoms with E-state index in [9.17, 15) is 9.18 Å². The van der Waals surface area contributed by atoms with E-state index in [4.69, 9.17) is 0 Å². The van der Waals surface area contributed by atoms with Gasteiger partial charge in [-0.25, -0.2) is 4.39 Å². The van der Waals surface area contributed by atoms with Gasteiger partial charge in [-0.05, 0) is 38.1 Å². The first kappa shape index (κ1) is 14.0. The largest absolute Gasteiger partial charge is 0.372 e. The Morgan fingerprint density at radius 3 is 3.00 bits per heavy atom. The average Bonchev–Trinajstić information content (AvgIpc) is 2.85. The van der Waals surface area contributed by atoms with Crippen LogP contribution in [0.3, 0.4) is 0 Å². The van der Waals surface area contributed by atoms with E-state index in [2.05, 4.69) is 11.8 Å². The second-order valence-corrected chi connectivity index (χ2v) is 5.10. The average molecular weight is 264 g/mol. The second kappa shape index (κ2) is 6.15. The van der Waals surface area contributed by atoms with Crippen LogP contribution in [0.2, 0.25) is 0 Å². The SMILES string of the molecule is CCN1CCCC1CN(C)c1cccc(F)c1C=O. The van der Waals surface area contributed by atoms with Gasteiger partial charge in [0.15, 0.2) is 6.29 Å². The molecule has 0 spiro atoms. The van der Waals surface area contributed by atoms with Crippen LogP contribution in [0, 0.1) is 5.82 Å². The van der Waals surface area contributed by atoms with Crippen LogP contribution in [0.15, 0.2) is 18.2 Å². The van der Waals surface area contributed by atoms with Gasteiger partial charge in [0.25, 0.3) is 0 Å². The lowest BCUT2D eigenvalue weighted by molar-refractivity contribution is 0.112. The molecule has 1 unspecified atom stereocenters. The van der Waals surface area contributed by atoms with Gasteiger partial charge in [0.2, 0.25) is 0 Å². The molecule has 0 aromatic heterocycles. The number of aldehydes is 1. The lowest BCUT2D eigenvalue weighted by Gasteiger charge is -2.29. The van der Waals surface area contributed by atoms with Gasteiger partial charge in [0, 0.05) is 19.6 Å². The second-order valence-electron chi connectivity index (χ2n) is 5.10. The normalized spacial score (nSPS) is 19.6. The van der Waals surface area contributed by atoms with E-state index in [0.717, 1.165) is 19.6 Å². The lowest BCUT2D eigenvalue weighted by atomic mass is 10.1. The van der Waals surface area contributed by atoms with Gasteiger partial charge in [-0.2, -0.15) is 0 Å². The maximum Gasteiger partial charge on any atom is 0.155 e. The number of rotatable bonds is 5. The molecule has 1 saturated heterocycles. The molecule has 1 heterocycles. The summed E-state index contributed by atoms with van der Waals surface area (Å²) in [6, 6.07) is 5.28. The van der Waals surface area contributed by atoms with Crippen molar-refractivity contribution in [2.24, 2.45) is 0 Å². The monoisotopic (exact) mass is 264 g/mol. The van der Waals surface area contributed by atoms with Crippen molar-refractivity contribution in [1.29, 1.82) is 0 Å². The fourth-order valence-electron chi connectivity index (χ4n) is 2.91. The molecule has 1 aromatic rings. The van der Waals surface area contributed by atoms with Crippen LogP contribution < -0.4 is 4.90 Å². The van der Waals surface area contributed by atoms with E-state index in [0.29, 0.717) is 18.0 Å². The minimum absolute atomic E-state index is 0.158. The van der Waals surface area contributed by atoms with Crippen LogP contribution in [-0.2, 0) is 0 Å². The number of likely N-dealkylation sites (tertiary alicyclic amines) is 1. The van der Waals surface area contributed by atoms with E-state index in [-0.39, 0.29) is 5.56 Å². The highest BCUT2D eigenvalue weighted by Crippen LogP contribution is 2.24. The van der Waals surface area contributed by atoms with Crippen molar-refractivity contribution >= 4 is 12.0 Å². The van der Waals surface area contributed by atoms with Crippen molar-refractivity contribution in [3.8, 4) is 0 Å². The quantitative estimate of drug-likeness (QED) is 0.764. The predicted octanol–water partition coefficient (Wildman–Crippen LogP) is 2.56. The van der Waals surface area contributed by atoms with Gasteiger partial charge < -0.3 is 4.90 Å².